The lowest BCUT2D eigenvalue weighted by Gasteiger charge is -2.20. The van der Waals surface area contributed by atoms with Gasteiger partial charge in [0.1, 0.15) is 0 Å². The van der Waals surface area contributed by atoms with Gasteiger partial charge in [-0.2, -0.15) is 0 Å². The molecule has 0 heterocycles. The van der Waals surface area contributed by atoms with Crippen LogP contribution in [-0.4, -0.2) is 23.1 Å². The average molecular weight is 414 g/mol. The molecule has 0 saturated heterocycles. The van der Waals surface area contributed by atoms with E-state index in [1.807, 2.05) is 48.5 Å². The number of hydrogen-bond acceptors (Lipinski definition) is 4. The van der Waals surface area contributed by atoms with Crippen molar-refractivity contribution < 1.29 is 19.2 Å². The largest absolute Gasteiger partial charge is 0.285 e. The van der Waals surface area contributed by atoms with Gasteiger partial charge in [0.15, 0.2) is 0 Å². The van der Waals surface area contributed by atoms with Crippen molar-refractivity contribution in [2.24, 2.45) is 0 Å². The molecule has 0 amide bonds. The first-order valence-corrected chi connectivity index (χ1v) is 10.2. The topological polar surface area (TPSA) is 68.3 Å². The van der Waals surface area contributed by atoms with Gasteiger partial charge in [0, 0.05) is 22.3 Å². The summed E-state index contributed by atoms with van der Waals surface area (Å²) in [6.07, 6.45) is 0. The van der Waals surface area contributed by atoms with Gasteiger partial charge in [-0.3, -0.25) is 19.2 Å². The molecule has 0 N–H and O–H groups in total. The van der Waals surface area contributed by atoms with Crippen molar-refractivity contribution in [3.8, 4) is 33.4 Å². The quantitative estimate of drug-likeness (QED) is 0.389. The number of hydrogen-bond donors (Lipinski definition) is 0. The molecule has 0 radical (unpaired) electrons. The third-order valence-corrected chi connectivity index (χ3v) is 6.20. The van der Waals surface area contributed by atoms with Gasteiger partial charge in [0.05, 0.1) is 0 Å². The number of benzene rings is 4. The van der Waals surface area contributed by atoms with Gasteiger partial charge in [-0.05, 0) is 45.5 Å². The zero-order valence-corrected chi connectivity index (χ0v) is 16.7. The van der Waals surface area contributed by atoms with Crippen molar-refractivity contribution in [1.82, 2.24) is 0 Å². The second-order valence-corrected chi connectivity index (χ2v) is 7.93. The first kappa shape index (κ1) is 18.3. The minimum absolute atomic E-state index is 0.344. The van der Waals surface area contributed by atoms with E-state index in [9.17, 15) is 19.2 Å². The first-order chi connectivity index (χ1) is 15.5. The van der Waals surface area contributed by atoms with Crippen LogP contribution >= 0.6 is 0 Å². The maximum atomic E-state index is 12.8. The summed E-state index contributed by atoms with van der Waals surface area (Å²) in [7, 11) is 0. The molecule has 2 aliphatic rings. The lowest BCUT2D eigenvalue weighted by Crippen LogP contribution is -2.21. The van der Waals surface area contributed by atoms with E-state index < -0.39 is 23.1 Å². The standard InChI is InChI=1S/C28H14O4/c29-25-21-7-3-1-5-17(21)19-11-9-15(13-23(19)27(25)31)16-10-12-20-18-6-2-4-8-22(18)26(30)28(32)24(20)14-16/h1-14H. The smallest absolute Gasteiger partial charge is 0.234 e. The van der Waals surface area contributed by atoms with Crippen molar-refractivity contribution in [2.75, 3.05) is 0 Å². The Balaban J connectivity index is 1.51. The van der Waals surface area contributed by atoms with Crippen LogP contribution in [0.1, 0.15) is 41.4 Å². The molecule has 150 valence electrons. The molecule has 4 aromatic carbocycles. The Hall–Kier alpha value is -4.44. The summed E-state index contributed by atoms with van der Waals surface area (Å²) in [6.45, 7) is 0. The monoisotopic (exact) mass is 414 g/mol. The molecule has 32 heavy (non-hydrogen) atoms. The van der Waals surface area contributed by atoms with Gasteiger partial charge >= 0.3 is 0 Å². The van der Waals surface area contributed by atoms with Crippen LogP contribution in [0.15, 0.2) is 84.9 Å². The summed E-state index contributed by atoms with van der Waals surface area (Å²) in [5.41, 5.74) is 5.82. The Morgan fingerprint density at radius 2 is 0.625 bits per heavy atom. The normalized spacial score (nSPS) is 13.9. The van der Waals surface area contributed by atoms with E-state index in [2.05, 4.69) is 0 Å². The Labute approximate surface area is 183 Å². The van der Waals surface area contributed by atoms with Crippen molar-refractivity contribution >= 4 is 23.1 Å². The molecule has 0 aliphatic heterocycles. The minimum atomic E-state index is -0.543. The van der Waals surface area contributed by atoms with Gasteiger partial charge < -0.3 is 0 Å². The highest BCUT2D eigenvalue weighted by molar-refractivity contribution is 6.53. The molecule has 0 aromatic heterocycles. The van der Waals surface area contributed by atoms with Gasteiger partial charge in [0.25, 0.3) is 0 Å². The molecule has 4 nitrogen and oxygen atoms in total. The van der Waals surface area contributed by atoms with Gasteiger partial charge in [0.2, 0.25) is 23.1 Å². The van der Waals surface area contributed by atoms with Crippen molar-refractivity contribution in [3.63, 3.8) is 0 Å². The van der Waals surface area contributed by atoms with Crippen molar-refractivity contribution in [2.45, 2.75) is 0 Å². The number of ketones is 4. The summed E-state index contributed by atoms with van der Waals surface area (Å²) >= 11 is 0. The number of fused-ring (bicyclic) bond motifs is 6. The Bertz CT molecular complexity index is 1420. The van der Waals surface area contributed by atoms with E-state index in [1.54, 1.807) is 36.4 Å². The first-order valence-electron chi connectivity index (χ1n) is 10.2. The summed E-state index contributed by atoms with van der Waals surface area (Å²) in [5, 5.41) is 0. The molecular formula is C28H14O4. The summed E-state index contributed by atoms with van der Waals surface area (Å²) < 4.78 is 0. The summed E-state index contributed by atoms with van der Waals surface area (Å²) in [5.74, 6) is -2.13. The molecule has 4 heteroatoms. The number of carbonyl (C=O) groups is 4. The lowest BCUT2D eigenvalue weighted by molar-refractivity contribution is 0.0815. The van der Waals surface area contributed by atoms with Crippen molar-refractivity contribution in [1.29, 1.82) is 0 Å². The van der Waals surface area contributed by atoms with Crippen LogP contribution in [0.4, 0.5) is 0 Å². The molecule has 0 spiro atoms. The fourth-order valence-electron chi connectivity index (χ4n) is 4.61. The maximum Gasteiger partial charge on any atom is 0.234 e. The number of carbonyl (C=O) groups excluding carboxylic acids is 4. The zero-order valence-electron chi connectivity index (χ0n) is 16.7. The van der Waals surface area contributed by atoms with Gasteiger partial charge in [-0.15, -0.1) is 0 Å². The van der Waals surface area contributed by atoms with E-state index in [4.69, 9.17) is 0 Å². The summed E-state index contributed by atoms with van der Waals surface area (Å²) in [4.78, 5) is 50.7. The van der Waals surface area contributed by atoms with E-state index in [-0.39, 0.29) is 0 Å². The van der Waals surface area contributed by atoms with E-state index >= 15 is 0 Å². The maximum absolute atomic E-state index is 12.8. The Kier molecular flexibility index (Phi) is 3.74. The van der Waals surface area contributed by atoms with Crippen LogP contribution in [0.25, 0.3) is 33.4 Å². The SMILES string of the molecule is O=C1C(=O)c2cc(-c3ccc4c(c3)C(=O)C(=O)c3ccccc3-4)ccc2-c2ccccc21. The molecule has 0 unspecified atom stereocenters. The number of rotatable bonds is 1. The highest BCUT2D eigenvalue weighted by atomic mass is 16.2. The van der Waals surface area contributed by atoms with Crippen LogP contribution in [0.5, 0.6) is 0 Å². The average Bonchev–Trinajstić information content (AvgIpc) is 2.85. The van der Waals surface area contributed by atoms with Crippen LogP contribution < -0.4 is 0 Å². The Morgan fingerprint density at radius 3 is 1.03 bits per heavy atom. The zero-order chi connectivity index (χ0) is 22.0. The van der Waals surface area contributed by atoms with E-state index in [1.165, 1.54) is 0 Å². The van der Waals surface area contributed by atoms with Gasteiger partial charge in [-0.1, -0.05) is 72.8 Å². The molecule has 6 rings (SSSR count). The fraction of sp³-hybridized carbons (Fsp3) is 0. The third kappa shape index (κ3) is 2.44. The van der Waals surface area contributed by atoms with Crippen LogP contribution in [0.2, 0.25) is 0 Å². The van der Waals surface area contributed by atoms with Crippen LogP contribution in [-0.2, 0) is 0 Å². The van der Waals surface area contributed by atoms with E-state index in [0.29, 0.717) is 44.5 Å². The van der Waals surface area contributed by atoms with Gasteiger partial charge in [-0.25, -0.2) is 0 Å². The molecule has 2 aliphatic carbocycles. The highest BCUT2D eigenvalue weighted by Gasteiger charge is 2.32. The second-order valence-electron chi connectivity index (χ2n) is 7.93. The number of Topliss-reactive ketones (excluding diaryl/α,β-unsaturated/α-hetero) is 4. The van der Waals surface area contributed by atoms with Crippen LogP contribution in [0.3, 0.4) is 0 Å². The molecule has 0 bridgehead atoms. The fourth-order valence-corrected chi connectivity index (χ4v) is 4.61. The lowest BCUT2D eigenvalue weighted by atomic mass is 9.81. The molecule has 4 aromatic rings. The summed E-state index contributed by atoms with van der Waals surface area (Å²) in [6, 6.07) is 24.9. The molecule has 0 fully saturated rings. The predicted molar refractivity (Wildman–Crippen MR) is 120 cm³/mol. The predicted octanol–water partition coefficient (Wildman–Crippen LogP) is 5.45. The van der Waals surface area contributed by atoms with E-state index in [0.717, 1.165) is 11.1 Å². The molecular weight excluding hydrogens is 400 g/mol. The van der Waals surface area contributed by atoms with Crippen molar-refractivity contribution in [3.05, 3.63) is 107 Å². The minimum Gasteiger partial charge on any atom is -0.285 e. The second kappa shape index (κ2) is 6.53. The molecule has 0 atom stereocenters. The Morgan fingerprint density at radius 1 is 0.312 bits per heavy atom. The highest BCUT2D eigenvalue weighted by Crippen LogP contribution is 2.38. The third-order valence-electron chi connectivity index (χ3n) is 6.20. The van der Waals surface area contributed by atoms with Crippen LogP contribution in [0, 0.1) is 0 Å². The molecule has 0 saturated carbocycles.